The number of benzene rings is 1. The molecule has 1 heterocycles. The third-order valence-electron chi connectivity index (χ3n) is 3.88. The Balaban J connectivity index is 2.20. The molecule has 0 aliphatic rings. The van der Waals surface area contributed by atoms with Gasteiger partial charge in [-0.2, -0.15) is 0 Å². The quantitative estimate of drug-likeness (QED) is 0.776. The van der Waals surface area contributed by atoms with Gasteiger partial charge in [0, 0.05) is 0 Å². The number of hydrogen-bond acceptors (Lipinski definition) is 3. The van der Waals surface area contributed by atoms with Crippen molar-refractivity contribution in [2.45, 2.75) is 52.5 Å². The molecule has 114 valence electrons. The number of para-hydroxylation sites is 2. The summed E-state index contributed by atoms with van der Waals surface area (Å²) in [6, 6.07) is 8.39. The molecule has 1 N–H and O–H groups in total. The van der Waals surface area contributed by atoms with Gasteiger partial charge in [0.1, 0.15) is 0 Å². The SMILES string of the molecule is CCCNC(CC(C)CCC)c1cnc2ccccc2n1. The van der Waals surface area contributed by atoms with Crippen LogP contribution in [0, 0.1) is 5.92 Å². The predicted octanol–water partition coefficient (Wildman–Crippen LogP) is 4.50. The van der Waals surface area contributed by atoms with Crippen molar-refractivity contribution in [3.05, 3.63) is 36.2 Å². The van der Waals surface area contributed by atoms with E-state index in [4.69, 9.17) is 4.98 Å². The lowest BCUT2D eigenvalue weighted by atomic mass is 9.95. The Labute approximate surface area is 128 Å². The molecule has 0 spiro atoms. The van der Waals surface area contributed by atoms with Crippen molar-refractivity contribution in [2.24, 2.45) is 5.92 Å². The molecule has 3 nitrogen and oxygen atoms in total. The summed E-state index contributed by atoms with van der Waals surface area (Å²) in [7, 11) is 0. The molecule has 2 unspecified atom stereocenters. The van der Waals surface area contributed by atoms with Gasteiger partial charge in [-0.3, -0.25) is 4.98 Å². The van der Waals surface area contributed by atoms with Gasteiger partial charge in [0.2, 0.25) is 0 Å². The van der Waals surface area contributed by atoms with E-state index in [0.29, 0.717) is 12.0 Å². The van der Waals surface area contributed by atoms with Crippen molar-refractivity contribution >= 4 is 11.0 Å². The lowest BCUT2D eigenvalue weighted by Crippen LogP contribution is -2.25. The maximum absolute atomic E-state index is 4.82. The van der Waals surface area contributed by atoms with Crippen LogP contribution in [0.3, 0.4) is 0 Å². The molecule has 0 bridgehead atoms. The molecule has 2 rings (SSSR count). The second-order valence-corrected chi connectivity index (χ2v) is 5.92. The highest BCUT2D eigenvalue weighted by molar-refractivity contribution is 5.73. The summed E-state index contributed by atoms with van der Waals surface area (Å²) in [6.07, 6.45) is 6.71. The summed E-state index contributed by atoms with van der Waals surface area (Å²) < 4.78 is 0. The summed E-state index contributed by atoms with van der Waals surface area (Å²) in [6.45, 7) is 7.81. The largest absolute Gasteiger partial charge is 0.309 e. The Bertz CT molecular complexity index is 553. The Morgan fingerprint density at radius 3 is 2.57 bits per heavy atom. The minimum atomic E-state index is 0.309. The highest BCUT2D eigenvalue weighted by Gasteiger charge is 2.16. The molecule has 1 aromatic heterocycles. The fourth-order valence-corrected chi connectivity index (χ4v) is 2.78. The number of nitrogens with one attached hydrogen (secondary N) is 1. The lowest BCUT2D eigenvalue weighted by Gasteiger charge is -2.21. The van der Waals surface area contributed by atoms with Crippen molar-refractivity contribution in [1.82, 2.24) is 15.3 Å². The van der Waals surface area contributed by atoms with Gasteiger partial charge >= 0.3 is 0 Å². The monoisotopic (exact) mass is 285 g/mol. The average molecular weight is 285 g/mol. The maximum Gasteiger partial charge on any atom is 0.0890 e. The molecule has 0 amide bonds. The summed E-state index contributed by atoms with van der Waals surface area (Å²) in [5.41, 5.74) is 3.03. The zero-order chi connectivity index (χ0) is 15.1. The van der Waals surface area contributed by atoms with Gasteiger partial charge in [-0.15, -0.1) is 0 Å². The van der Waals surface area contributed by atoms with Gasteiger partial charge in [0.05, 0.1) is 29.0 Å². The Hall–Kier alpha value is -1.48. The van der Waals surface area contributed by atoms with Crippen LogP contribution < -0.4 is 5.32 Å². The van der Waals surface area contributed by atoms with E-state index in [1.807, 2.05) is 30.5 Å². The van der Waals surface area contributed by atoms with Crippen LogP contribution in [-0.4, -0.2) is 16.5 Å². The molecule has 0 aliphatic heterocycles. The van der Waals surface area contributed by atoms with E-state index < -0.39 is 0 Å². The lowest BCUT2D eigenvalue weighted by molar-refractivity contribution is 0.385. The average Bonchev–Trinajstić information content (AvgIpc) is 2.51. The number of fused-ring (bicyclic) bond motifs is 1. The molecule has 0 aliphatic carbocycles. The van der Waals surface area contributed by atoms with E-state index in [-0.39, 0.29) is 0 Å². The van der Waals surface area contributed by atoms with Crippen LogP contribution >= 0.6 is 0 Å². The summed E-state index contributed by atoms with van der Waals surface area (Å²) in [5, 5.41) is 3.64. The van der Waals surface area contributed by atoms with E-state index >= 15 is 0 Å². The molecule has 0 radical (unpaired) electrons. The van der Waals surface area contributed by atoms with Crippen molar-refractivity contribution in [1.29, 1.82) is 0 Å². The first-order chi connectivity index (χ1) is 10.2. The van der Waals surface area contributed by atoms with Crippen LogP contribution in [0.2, 0.25) is 0 Å². The van der Waals surface area contributed by atoms with Crippen LogP contribution in [0.25, 0.3) is 11.0 Å². The van der Waals surface area contributed by atoms with Crippen LogP contribution in [0.5, 0.6) is 0 Å². The second-order valence-electron chi connectivity index (χ2n) is 5.92. The van der Waals surface area contributed by atoms with Crippen LogP contribution in [-0.2, 0) is 0 Å². The molecule has 0 saturated carbocycles. The molecule has 0 saturated heterocycles. The van der Waals surface area contributed by atoms with E-state index in [1.54, 1.807) is 0 Å². The van der Waals surface area contributed by atoms with Gasteiger partial charge < -0.3 is 5.32 Å². The number of rotatable bonds is 8. The highest BCUT2D eigenvalue weighted by Crippen LogP contribution is 2.23. The smallest absolute Gasteiger partial charge is 0.0890 e. The van der Waals surface area contributed by atoms with Crippen molar-refractivity contribution in [2.75, 3.05) is 6.54 Å². The maximum atomic E-state index is 4.82. The molecule has 1 aromatic carbocycles. The Kier molecular flexibility index (Phi) is 6.12. The van der Waals surface area contributed by atoms with Gasteiger partial charge in [0.25, 0.3) is 0 Å². The molecule has 0 fully saturated rings. The van der Waals surface area contributed by atoms with Crippen molar-refractivity contribution in [3.8, 4) is 0 Å². The highest BCUT2D eigenvalue weighted by atomic mass is 15.0. The first-order valence-electron chi connectivity index (χ1n) is 8.19. The normalized spacial score (nSPS) is 14.2. The first-order valence-corrected chi connectivity index (χ1v) is 8.19. The Morgan fingerprint density at radius 2 is 1.86 bits per heavy atom. The molecule has 2 aromatic rings. The van der Waals surface area contributed by atoms with Crippen LogP contribution in [0.4, 0.5) is 0 Å². The molecular formula is C18H27N3. The molecule has 2 atom stereocenters. The Morgan fingerprint density at radius 1 is 1.10 bits per heavy atom. The van der Waals surface area contributed by atoms with Gasteiger partial charge in [-0.05, 0) is 37.4 Å². The molecular weight excluding hydrogens is 258 g/mol. The zero-order valence-electron chi connectivity index (χ0n) is 13.5. The van der Waals surface area contributed by atoms with Crippen molar-refractivity contribution in [3.63, 3.8) is 0 Å². The minimum Gasteiger partial charge on any atom is -0.309 e. The number of aromatic nitrogens is 2. The fraction of sp³-hybridized carbons (Fsp3) is 0.556. The third-order valence-corrected chi connectivity index (χ3v) is 3.88. The van der Waals surface area contributed by atoms with Crippen LogP contribution in [0.15, 0.2) is 30.5 Å². The fourth-order valence-electron chi connectivity index (χ4n) is 2.78. The van der Waals surface area contributed by atoms with E-state index in [9.17, 15) is 0 Å². The standard InChI is InChI=1S/C18H27N3/c1-4-8-14(3)12-17(19-11-5-2)18-13-20-15-9-6-7-10-16(15)21-18/h6-7,9-10,13-14,17,19H,4-5,8,11-12H2,1-3H3. The van der Waals surface area contributed by atoms with Crippen molar-refractivity contribution < 1.29 is 0 Å². The second kappa shape index (κ2) is 8.08. The first kappa shape index (κ1) is 15.9. The molecule has 21 heavy (non-hydrogen) atoms. The minimum absolute atomic E-state index is 0.309. The summed E-state index contributed by atoms with van der Waals surface area (Å²) >= 11 is 0. The summed E-state index contributed by atoms with van der Waals surface area (Å²) in [5.74, 6) is 0.706. The van der Waals surface area contributed by atoms with Gasteiger partial charge in [-0.1, -0.05) is 45.7 Å². The van der Waals surface area contributed by atoms with E-state index in [2.05, 4.69) is 31.1 Å². The zero-order valence-corrected chi connectivity index (χ0v) is 13.5. The molecule has 3 heteroatoms. The van der Waals surface area contributed by atoms with E-state index in [1.165, 1.54) is 12.8 Å². The predicted molar refractivity (Wildman–Crippen MR) is 89.3 cm³/mol. The van der Waals surface area contributed by atoms with E-state index in [0.717, 1.165) is 36.1 Å². The van der Waals surface area contributed by atoms with Gasteiger partial charge in [0.15, 0.2) is 0 Å². The third kappa shape index (κ3) is 4.50. The summed E-state index contributed by atoms with van der Waals surface area (Å²) in [4.78, 5) is 9.38. The van der Waals surface area contributed by atoms with Crippen LogP contribution in [0.1, 0.15) is 58.2 Å². The number of nitrogens with zero attached hydrogens (tertiary/aromatic N) is 2. The van der Waals surface area contributed by atoms with Gasteiger partial charge in [-0.25, -0.2) is 4.98 Å². The number of hydrogen-bond donors (Lipinski definition) is 1. The topological polar surface area (TPSA) is 37.8 Å².